The molecule has 1 atom stereocenters. The summed E-state index contributed by atoms with van der Waals surface area (Å²) in [6.45, 7) is 3.75. The lowest BCUT2D eigenvalue weighted by molar-refractivity contribution is -0.132. The number of rotatable bonds is 10. The van der Waals surface area contributed by atoms with Crippen molar-refractivity contribution in [1.82, 2.24) is 10.2 Å². The second-order valence-electron chi connectivity index (χ2n) is 10.0. The first kappa shape index (κ1) is 31.0. The van der Waals surface area contributed by atoms with Gasteiger partial charge in [0.05, 0.1) is 10.0 Å². The first-order valence-electron chi connectivity index (χ1n) is 13.9. The van der Waals surface area contributed by atoms with E-state index in [1.807, 2.05) is 65.6 Å². The fraction of sp³-hybridized carbons (Fsp3) is 0.167. The van der Waals surface area contributed by atoms with E-state index in [-0.39, 0.29) is 11.9 Å². The van der Waals surface area contributed by atoms with Crippen LogP contribution in [0.1, 0.15) is 46.4 Å². The predicted molar refractivity (Wildman–Crippen MR) is 174 cm³/mol. The number of carbonyl (C=O) groups excluding carboxylic acids is 2. The third kappa shape index (κ3) is 9.02. The molecule has 5 aromatic carbocycles. The SMILES string of the molecule is C[C@@H](NCCC(=O)N(Cc1ccccc1)Cc1ccc(Cl)c(Cl)c1)c1cccc2ccccc12.O=Cc1ccccc1. The number of benzene rings is 5. The summed E-state index contributed by atoms with van der Waals surface area (Å²) in [7, 11) is 0. The third-order valence-corrected chi connectivity index (χ3v) is 7.68. The molecule has 0 heterocycles. The second-order valence-corrected chi connectivity index (χ2v) is 10.8. The third-order valence-electron chi connectivity index (χ3n) is 6.94. The molecule has 0 fully saturated rings. The Labute approximate surface area is 257 Å². The van der Waals surface area contributed by atoms with Gasteiger partial charge in [0.1, 0.15) is 6.29 Å². The van der Waals surface area contributed by atoms with Crippen molar-refractivity contribution < 1.29 is 9.59 Å². The van der Waals surface area contributed by atoms with Gasteiger partial charge < -0.3 is 10.2 Å². The lowest BCUT2D eigenvalue weighted by atomic mass is 9.99. The first-order valence-corrected chi connectivity index (χ1v) is 14.7. The van der Waals surface area contributed by atoms with Crippen LogP contribution >= 0.6 is 23.2 Å². The zero-order valence-corrected chi connectivity index (χ0v) is 25.1. The van der Waals surface area contributed by atoms with Gasteiger partial charge in [-0.05, 0) is 46.5 Å². The van der Waals surface area contributed by atoms with E-state index in [0.29, 0.717) is 36.1 Å². The maximum atomic E-state index is 13.3. The highest BCUT2D eigenvalue weighted by Crippen LogP contribution is 2.25. The Kier molecular flexibility index (Phi) is 11.7. The molecule has 0 saturated heterocycles. The van der Waals surface area contributed by atoms with Crippen LogP contribution in [0.2, 0.25) is 10.0 Å². The second kappa shape index (κ2) is 15.9. The van der Waals surface area contributed by atoms with Crippen molar-refractivity contribution in [2.45, 2.75) is 32.5 Å². The Morgan fingerprint density at radius 2 is 1.40 bits per heavy atom. The number of hydrogen-bond donors (Lipinski definition) is 1. The van der Waals surface area contributed by atoms with Crippen LogP contribution in [0.4, 0.5) is 0 Å². The standard InChI is InChI=1S/C29H28Cl2N2O.C7H6O/c1-21(25-13-7-11-24-10-5-6-12-26(24)25)32-17-16-29(34)33(19-22-8-3-2-4-9-22)20-23-14-15-27(30)28(31)18-23;8-6-7-4-2-1-3-5-7/h2-15,18,21,32H,16-17,19-20H2,1H3;1-6H/t21-;/m1./s1. The van der Waals surface area contributed by atoms with E-state index in [1.165, 1.54) is 16.3 Å². The summed E-state index contributed by atoms with van der Waals surface area (Å²) in [6.07, 6.45) is 1.24. The monoisotopic (exact) mass is 596 g/mol. The van der Waals surface area contributed by atoms with E-state index in [4.69, 9.17) is 23.2 Å². The van der Waals surface area contributed by atoms with Crippen LogP contribution in [-0.4, -0.2) is 23.6 Å². The first-order chi connectivity index (χ1) is 20.4. The normalized spacial score (nSPS) is 11.3. The van der Waals surface area contributed by atoms with Crippen molar-refractivity contribution in [3.05, 3.63) is 154 Å². The Bertz CT molecular complexity index is 1590. The summed E-state index contributed by atoms with van der Waals surface area (Å²) in [4.78, 5) is 25.1. The molecule has 42 heavy (non-hydrogen) atoms. The highest BCUT2D eigenvalue weighted by molar-refractivity contribution is 6.42. The van der Waals surface area contributed by atoms with Gasteiger partial charge in [0, 0.05) is 37.7 Å². The van der Waals surface area contributed by atoms with Crippen molar-refractivity contribution in [2.75, 3.05) is 6.54 Å². The smallest absolute Gasteiger partial charge is 0.224 e. The molecule has 0 aliphatic rings. The molecule has 1 amide bonds. The van der Waals surface area contributed by atoms with Gasteiger partial charge in [-0.15, -0.1) is 0 Å². The lowest BCUT2D eigenvalue weighted by Gasteiger charge is -2.24. The van der Waals surface area contributed by atoms with Gasteiger partial charge >= 0.3 is 0 Å². The molecule has 0 bridgehead atoms. The summed E-state index contributed by atoms with van der Waals surface area (Å²) < 4.78 is 0. The number of amides is 1. The number of nitrogens with one attached hydrogen (secondary N) is 1. The van der Waals surface area contributed by atoms with Gasteiger partial charge in [-0.2, -0.15) is 0 Å². The molecule has 5 rings (SSSR count). The van der Waals surface area contributed by atoms with E-state index in [0.717, 1.165) is 23.0 Å². The molecule has 1 N–H and O–H groups in total. The predicted octanol–water partition coefficient (Wildman–Crippen LogP) is 8.92. The highest BCUT2D eigenvalue weighted by atomic mass is 35.5. The number of halogens is 2. The summed E-state index contributed by atoms with van der Waals surface area (Å²) in [5.74, 6) is 0.0903. The molecule has 0 unspecified atom stereocenters. The summed E-state index contributed by atoms with van der Waals surface area (Å²) >= 11 is 12.3. The molecule has 0 spiro atoms. The molecule has 4 nitrogen and oxygen atoms in total. The molecule has 0 aromatic heterocycles. The Balaban J connectivity index is 0.000000437. The molecule has 0 aliphatic heterocycles. The van der Waals surface area contributed by atoms with Gasteiger partial charge in [0.15, 0.2) is 0 Å². The fourth-order valence-electron chi connectivity index (χ4n) is 4.72. The van der Waals surface area contributed by atoms with Gasteiger partial charge in [0.2, 0.25) is 5.91 Å². The summed E-state index contributed by atoms with van der Waals surface area (Å²) in [5, 5.41) is 7.00. The number of hydrogen-bond acceptors (Lipinski definition) is 3. The molecule has 0 aliphatic carbocycles. The molecular formula is C36H34Cl2N2O2. The van der Waals surface area contributed by atoms with Crippen LogP contribution in [0.15, 0.2) is 121 Å². The Hall–Kier alpha value is -3.96. The maximum Gasteiger partial charge on any atom is 0.224 e. The van der Waals surface area contributed by atoms with Gasteiger partial charge in [-0.1, -0.05) is 132 Å². The average Bonchev–Trinajstić information content (AvgIpc) is 3.03. The molecule has 6 heteroatoms. The van der Waals surface area contributed by atoms with Crippen molar-refractivity contribution in [3.63, 3.8) is 0 Å². The Morgan fingerprint density at radius 3 is 2.10 bits per heavy atom. The van der Waals surface area contributed by atoms with Gasteiger partial charge in [0.25, 0.3) is 0 Å². The lowest BCUT2D eigenvalue weighted by Crippen LogP contribution is -2.33. The molecule has 0 saturated carbocycles. The van der Waals surface area contributed by atoms with Crippen LogP contribution in [0, 0.1) is 0 Å². The van der Waals surface area contributed by atoms with Crippen molar-refractivity contribution in [3.8, 4) is 0 Å². The van der Waals surface area contributed by atoms with Crippen LogP contribution in [0.5, 0.6) is 0 Å². The number of fused-ring (bicyclic) bond motifs is 1. The molecule has 0 radical (unpaired) electrons. The zero-order valence-electron chi connectivity index (χ0n) is 23.5. The topological polar surface area (TPSA) is 49.4 Å². The molecule has 214 valence electrons. The minimum atomic E-state index is 0.0903. The quantitative estimate of drug-likeness (QED) is 0.164. The highest BCUT2D eigenvalue weighted by Gasteiger charge is 2.16. The summed E-state index contributed by atoms with van der Waals surface area (Å²) in [5.41, 5.74) is 4.01. The summed E-state index contributed by atoms with van der Waals surface area (Å²) in [6, 6.07) is 39.5. The van der Waals surface area contributed by atoms with Crippen molar-refractivity contribution in [2.24, 2.45) is 0 Å². The van der Waals surface area contributed by atoms with Crippen LogP contribution in [0.25, 0.3) is 10.8 Å². The maximum absolute atomic E-state index is 13.3. The van der Waals surface area contributed by atoms with E-state index >= 15 is 0 Å². The van der Waals surface area contributed by atoms with Gasteiger partial charge in [-0.3, -0.25) is 9.59 Å². The van der Waals surface area contributed by atoms with Crippen LogP contribution in [0.3, 0.4) is 0 Å². The zero-order chi connectivity index (χ0) is 29.7. The van der Waals surface area contributed by atoms with Crippen LogP contribution < -0.4 is 5.32 Å². The van der Waals surface area contributed by atoms with Gasteiger partial charge in [-0.25, -0.2) is 0 Å². The number of nitrogens with zero attached hydrogens (tertiary/aromatic N) is 1. The van der Waals surface area contributed by atoms with E-state index < -0.39 is 0 Å². The van der Waals surface area contributed by atoms with Crippen LogP contribution in [-0.2, 0) is 17.9 Å². The largest absolute Gasteiger partial charge is 0.334 e. The molecule has 5 aromatic rings. The molecular weight excluding hydrogens is 563 g/mol. The number of carbonyl (C=O) groups is 2. The Morgan fingerprint density at radius 1 is 0.762 bits per heavy atom. The number of aldehydes is 1. The average molecular weight is 598 g/mol. The van der Waals surface area contributed by atoms with Crippen molar-refractivity contribution in [1.29, 1.82) is 0 Å². The minimum Gasteiger partial charge on any atom is -0.334 e. The van der Waals surface area contributed by atoms with Crippen molar-refractivity contribution >= 4 is 46.2 Å². The minimum absolute atomic E-state index is 0.0903. The van der Waals surface area contributed by atoms with E-state index in [9.17, 15) is 9.59 Å². The fourth-order valence-corrected chi connectivity index (χ4v) is 5.04. The van der Waals surface area contributed by atoms with E-state index in [2.05, 4.69) is 54.7 Å². The van der Waals surface area contributed by atoms with E-state index in [1.54, 1.807) is 18.2 Å².